The molecule has 7 rings (SSSR count). The minimum Gasteiger partial charge on any atom is -0.388 e. The predicted molar refractivity (Wildman–Crippen MR) is 135 cm³/mol. The van der Waals surface area contributed by atoms with Crippen LogP contribution in [0.2, 0.25) is 0 Å². The number of hydrogen-bond donors (Lipinski definition) is 5. The number of benzene rings is 3. The zero-order valence-corrected chi connectivity index (χ0v) is 20.1. The fourth-order valence-electron chi connectivity index (χ4n) is 5.78. The molecule has 2 aliphatic rings. The second-order valence-electron chi connectivity index (χ2n) is 9.51. The Bertz CT molecular complexity index is 1860. The van der Waals surface area contributed by atoms with Crippen molar-refractivity contribution < 1.29 is 38.4 Å². The van der Waals surface area contributed by atoms with Crippen molar-refractivity contribution in [2.45, 2.75) is 30.6 Å². The lowest BCUT2D eigenvalue weighted by atomic mass is 9.96. The summed E-state index contributed by atoms with van der Waals surface area (Å²) < 4.78 is 37.6. The highest BCUT2D eigenvalue weighted by molar-refractivity contribution is 7.26. The van der Waals surface area contributed by atoms with E-state index >= 15 is 0 Å². The molecule has 2 amide bonds. The van der Waals surface area contributed by atoms with Gasteiger partial charge in [-0.1, -0.05) is 0 Å². The van der Waals surface area contributed by atoms with Gasteiger partial charge in [-0.25, -0.2) is 8.78 Å². The molecule has 6 N–H and O–H groups in total. The largest absolute Gasteiger partial charge is 0.388 e. The van der Waals surface area contributed by atoms with Crippen LogP contribution in [0.3, 0.4) is 0 Å². The third kappa shape index (κ3) is 2.95. The number of ether oxygens (including phenoxy) is 1. The van der Waals surface area contributed by atoms with Gasteiger partial charge in [-0.15, -0.1) is 11.3 Å². The number of carbonyl (C=O) groups excluding carboxylic acids is 2. The molecule has 2 aromatic heterocycles. The number of nitrogens with one attached hydrogen (secondary N) is 1. The van der Waals surface area contributed by atoms with E-state index in [1.165, 1.54) is 46.2 Å². The summed E-state index contributed by atoms with van der Waals surface area (Å²) in [7, 11) is 0. The Balaban J connectivity index is 1.72. The summed E-state index contributed by atoms with van der Waals surface area (Å²) in [5.74, 6) is -2.49. The highest BCUT2D eigenvalue weighted by Crippen LogP contribution is 2.49. The summed E-state index contributed by atoms with van der Waals surface area (Å²) >= 11 is 1.23. The molecule has 0 saturated carbocycles. The highest BCUT2D eigenvalue weighted by atomic mass is 32.1. The smallest absolute Gasteiger partial charge is 0.259 e. The number of fused-ring (bicyclic) bond motifs is 10. The molecule has 5 aromatic rings. The average molecular weight is 540 g/mol. The molecule has 4 heterocycles. The lowest BCUT2D eigenvalue weighted by molar-refractivity contribution is -0.240. The van der Waals surface area contributed by atoms with Crippen molar-refractivity contribution >= 4 is 65.1 Å². The summed E-state index contributed by atoms with van der Waals surface area (Å²) in [4.78, 5) is 26.2. The van der Waals surface area contributed by atoms with Crippen molar-refractivity contribution in [2.75, 3.05) is 6.54 Å². The van der Waals surface area contributed by atoms with Crippen LogP contribution in [0.15, 0.2) is 36.4 Å². The number of nitrogens with two attached hydrogens (primary N) is 1. The molecule has 0 radical (unpaired) electrons. The zero-order chi connectivity index (χ0) is 26.6. The van der Waals surface area contributed by atoms with E-state index in [0.29, 0.717) is 31.2 Å². The van der Waals surface area contributed by atoms with E-state index in [-0.39, 0.29) is 28.4 Å². The van der Waals surface area contributed by atoms with Gasteiger partial charge in [-0.2, -0.15) is 0 Å². The summed E-state index contributed by atoms with van der Waals surface area (Å²) in [5, 5.41) is 35.6. The maximum Gasteiger partial charge on any atom is 0.259 e. The van der Waals surface area contributed by atoms with Crippen molar-refractivity contribution in [3.8, 4) is 0 Å². The second-order valence-corrected chi connectivity index (χ2v) is 10.6. The van der Waals surface area contributed by atoms with Gasteiger partial charge in [-0.05, 0) is 36.4 Å². The Hall–Kier alpha value is -3.52. The Labute approximate surface area is 215 Å². The first-order valence-corrected chi connectivity index (χ1v) is 12.6. The highest BCUT2D eigenvalue weighted by Gasteiger charge is 2.46. The molecule has 1 fully saturated rings. The third-order valence-corrected chi connectivity index (χ3v) is 8.61. The van der Waals surface area contributed by atoms with Gasteiger partial charge in [0.25, 0.3) is 11.8 Å². The molecule has 9 nitrogen and oxygen atoms in total. The summed E-state index contributed by atoms with van der Waals surface area (Å²) in [5.41, 5.74) is 6.49. The number of aromatic nitrogens is 1. The van der Waals surface area contributed by atoms with Gasteiger partial charge in [-0.3, -0.25) is 14.9 Å². The first kappa shape index (κ1) is 23.6. The monoisotopic (exact) mass is 539 g/mol. The van der Waals surface area contributed by atoms with Gasteiger partial charge in [0.05, 0.1) is 26.9 Å². The topological polar surface area (TPSA) is 147 Å². The Morgan fingerprint density at radius 2 is 1.58 bits per heavy atom. The van der Waals surface area contributed by atoms with E-state index in [1.807, 2.05) is 0 Å². The summed E-state index contributed by atoms with van der Waals surface area (Å²) in [6.45, 7) is -0.170. The number of nitrogens with zero attached hydrogens (tertiary/aromatic N) is 1. The van der Waals surface area contributed by atoms with Gasteiger partial charge >= 0.3 is 0 Å². The van der Waals surface area contributed by atoms with Gasteiger partial charge in [0.15, 0.2) is 6.23 Å². The number of imide groups is 1. The van der Waals surface area contributed by atoms with Crippen molar-refractivity contribution in [2.24, 2.45) is 5.73 Å². The van der Waals surface area contributed by atoms with Crippen molar-refractivity contribution in [3.05, 3.63) is 59.2 Å². The maximum atomic E-state index is 14.6. The van der Waals surface area contributed by atoms with Crippen LogP contribution in [0, 0.1) is 11.6 Å². The van der Waals surface area contributed by atoms with E-state index in [0.717, 1.165) is 0 Å². The van der Waals surface area contributed by atoms with E-state index in [1.54, 1.807) is 6.07 Å². The SMILES string of the molecule is NCC1OC(n2c3ccc(F)cc3c3c4c(c5c6cc(F)ccc6sc5c32)C(=O)NC4=O)C(O)C(O)C1O. The second kappa shape index (κ2) is 7.99. The number of aliphatic hydroxyl groups is 3. The first-order valence-electron chi connectivity index (χ1n) is 11.8. The number of halogens is 2. The number of thiophene rings is 1. The number of hydrogen-bond acceptors (Lipinski definition) is 8. The molecule has 194 valence electrons. The van der Waals surface area contributed by atoms with Crippen molar-refractivity contribution in [3.63, 3.8) is 0 Å². The van der Waals surface area contributed by atoms with Crippen molar-refractivity contribution in [1.29, 1.82) is 0 Å². The molecule has 0 bridgehead atoms. The normalized spacial score (nSPS) is 25.7. The molecule has 3 aromatic carbocycles. The van der Waals surface area contributed by atoms with Gasteiger partial charge in [0.2, 0.25) is 0 Å². The van der Waals surface area contributed by atoms with Gasteiger partial charge in [0.1, 0.15) is 36.1 Å². The van der Waals surface area contributed by atoms with Crippen LogP contribution >= 0.6 is 11.3 Å². The molecule has 0 spiro atoms. The first-order chi connectivity index (χ1) is 18.2. The van der Waals surface area contributed by atoms with Crippen LogP contribution in [-0.4, -0.2) is 62.7 Å². The van der Waals surface area contributed by atoms with Crippen LogP contribution < -0.4 is 11.1 Å². The molecular weight excluding hydrogens is 520 g/mol. The summed E-state index contributed by atoms with van der Waals surface area (Å²) in [6, 6.07) is 7.97. The number of carbonyl (C=O) groups is 2. The van der Waals surface area contributed by atoms with Crippen LogP contribution in [0.5, 0.6) is 0 Å². The number of amides is 2. The molecular formula is C26H19F2N3O6S. The molecule has 0 aliphatic carbocycles. The molecule has 12 heteroatoms. The maximum absolute atomic E-state index is 14.6. The standard InChI is InChI=1S/C26H19F2N3O6S/c27-8-1-3-12-10(5-8)15-17-18(25(36)30-24(17)35)16-11-6-9(28)2-4-14(11)38-23(16)19(15)31(12)26-22(34)21(33)20(32)13(7-29)37-26/h1-6,13,20-22,26,32-34H,7,29H2,(H,30,35,36). The molecule has 38 heavy (non-hydrogen) atoms. The van der Waals surface area contributed by atoms with Crippen LogP contribution in [0.4, 0.5) is 8.78 Å². The predicted octanol–water partition coefficient (Wildman–Crippen LogP) is 2.26. The lowest BCUT2D eigenvalue weighted by Crippen LogP contribution is -2.57. The third-order valence-electron chi connectivity index (χ3n) is 7.44. The van der Waals surface area contributed by atoms with Gasteiger partial charge < -0.3 is 30.4 Å². The van der Waals surface area contributed by atoms with E-state index in [2.05, 4.69) is 5.32 Å². The van der Waals surface area contributed by atoms with E-state index in [9.17, 15) is 33.7 Å². The fraction of sp³-hybridized carbons (Fsp3) is 0.231. The number of rotatable bonds is 2. The van der Waals surface area contributed by atoms with E-state index in [4.69, 9.17) is 10.5 Å². The van der Waals surface area contributed by atoms with Gasteiger partial charge in [0, 0.05) is 32.8 Å². The Morgan fingerprint density at radius 3 is 2.29 bits per heavy atom. The average Bonchev–Trinajstić information content (AvgIpc) is 3.51. The quantitative estimate of drug-likeness (QED) is 0.216. The molecule has 1 saturated heterocycles. The lowest BCUT2D eigenvalue weighted by Gasteiger charge is -2.41. The zero-order valence-electron chi connectivity index (χ0n) is 19.3. The van der Waals surface area contributed by atoms with Crippen LogP contribution in [0.25, 0.3) is 42.0 Å². The van der Waals surface area contributed by atoms with Crippen LogP contribution in [-0.2, 0) is 4.74 Å². The summed E-state index contributed by atoms with van der Waals surface area (Å²) in [6.07, 6.45) is -7.08. The fourth-order valence-corrected chi connectivity index (χ4v) is 7.02. The minimum atomic E-state index is -1.64. The minimum absolute atomic E-state index is 0.00271. The molecule has 5 unspecified atom stereocenters. The van der Waals surface area contributed by atoms with E-state index < -0.39 is 54.1 Å². The molecule has 2 aliphatic heterocycles. The van der Waals surface area contributed by atoms with Crippen molar-refractivity contribution in [1.82, 2.24) is 9.88 Å². The number of aliphatic hydroxyl groups excluding tert-OH is 3. The Kier molecular flexibility index (Phi) is 4.96. The van der Waals surface area contributed by atoms with Crippen LogP contribution in [0.1, 0.15) is 26.9 Å². The molecule has 5 atom stereocenters. The Morgan fingerprint density at radius 1 is 0.921 bits per heavy atom.